The van der Waals surface area contributed by atoms with Gasteiger partial charge in [-0.3, -0.25) is 4.79 Å². The van der Waals surface area contributed by atoms with Gasteiger partial charge in [0.25, 0.3) is 5.91 Å². The average molecular weight is 442 g/mol. The first-order valence-electron chi connectivity index (χ1n) is 9.63. The fraction of sp³-hybridized carbons (Fsp3) is 0.273. The molecular weight excluding hydrogens is 417 g/mol. The number of ether oxygens (including phenoxy) is 1. The van der Waals surface area contributed by atoms with Crippen LogP contribution in [-0.4, -0.2) is 34.2 Å². The molecule has 0 aliphatic rings. The highest BCUT2D eigenvalue weighted by Gasteiger charge is 2.12. The van der Waals surface area contributed by atoms with Crippen LogP contribution in [0, 0.1) is 11.7 Å². The number of aromatic nitrogens is 3. The molecule has 1 aromatic heterocycles. The zero-order chi connectivity index (χ0) is 22.4. The van der Waals surface area contributed by atoms with E-state index in [-0.39, 0.29) is 11.8 Å². The number of amides is 1. The lowest BCUT2D eigenvalue weighted by Gasteiger charge is -2.10. The Bertz CT molecular complexity index is 1120. The van der Waals surface area contributed by atoms with Crippen molar-refractivity contribution in [3.05, 3.63) is 60.2 Å². The van der Waals surface area contributed by atoms with Gasteiger partial charge in [-0.1, -0.05) is 36.7 Å². The van der Waals surface area contributed by atoms with Gasteiger partial charge in [0.05, 0.1) is 12.7 Å². The normalized spacial score (nSPS) is 12.1. The van der Waals surface area contributed by atoms with Crippen molar-refractivity contribution < 1.29 is 13.9 Å². The summed E-state index contributed by atoms with van der Waals surface area (Å²) in [6, 6.07) is 12.0. The number of benzene rings is 2. The molecule has 1 atom stereocenters. The van der Waals surface area contributed by atoms with Gasteiger partial charge in [0.15, 0.2) is 5.82 Å². The van der Waals surface area contributed by atoms with Crippen molar-refractivity contribution in [3.8, 4) is 17.1 Å². The van der Waals surface area contributed by atoms with E-state index in [9.17, 15) is 9.18 Å². The Morgan fingerprint density at radius 1 is 1.23 bits per heavy atom. The van der Waals surface area contributed by atoms with Crippen LogP contribution < -0.4 is 10.1 Å². The summed E-state index contributed by atoms with van der Waals surface area (Å²) in [5.41, 5.74) is 2.41. The van der Waals surface area contributed by atoms with E-state index < -0.39 is 16.5 Å². The van der Waals surface area contributed by atoms with Crippen molar-refractivity contribution in [1.82, 2.24) is 15.0 Å². The van der Waals surface area contributed by atoms with Gasteiger partial charge in [0.1, 0.15) is 17.9 Å². The summed E-state index contributed by atoms with van der Waals surface area (Å²) < 4.78 is 23.0. The Morgan fingerprint density at radius 2 is 2.03 bits per heavy atom. The predicted molar refractivity (Wildman–Crippen MR) is 121 cm³/mol. The Hall–Kier alpha value is -3.20. The lowest BCUT2D eigenvalue weighted by atomic mass is 10.2. The van der Waals surface area contributed by atoms with E-state index in [4.69, 9.17) is 4.74 Å². The number of methoxy groups -OCH3 is 1. The molecule has 3 rings (SSSR count). The third-order valence-electron chi connectivity index (χ3n) is 4.27. The molecule has 0 fully saturated rings. The number of halogens is 1. The maximum Gasteiger partial charge on any atom is 0.254 e. The molecule has 1 N–H and O–H groups in total. The molecule has 31 heavy (non-hydrogen) atoms. The summed E-state index contributed by atoms with van der Waals surface area (Å²) in [6.45, 7) is 3.69. The smallest absolute Gasteiger partial charge is 0.254 e. The quantitative estimate of drug-likeness (QED) is 0.579. The van der Waals surface area contributed by atoms with Crippen molar-refractivity contribution in [2.24, 2.45) is 10.3 Å². The minimum absolute atomic E-state index is 0.0750. The van der Waals surface area contributed by atoms with Crippen LogP contribution in [0.4, 0.5) is 16.0 Å². The molecule has 162 valence electrons. The maximum absolute atomic E-state index is 13.5. The van der Waals surface area contributed by atoms with Gasteiger partial charge in [-0.25, -0.2) is 14.4 Å². The number of carbonyl (C=O) groups is 1. The van der Waals surface area contributed by atoms with Crippen molar-refractivity contribution in [2.75, 3.05) is 18.7 Å². The van der Waals surface area contributed by atoms with Gasteiger partial charge >= 0.3 is 0 Å². The topological polar surface area (TPSA) is 89.4 Å². The fourth-order valence-corrected chi connectivity index (χ4v) is 3.98. The van der Waals surface area contributed by atoms with E-state index in [1.54, 1.807) is 6.07 Å². The lowest BCUT2D eigenvalue weighted by Crippen LogP contribution is -2.06. The van der Waals surface area contributed by atoms with Crippen LogP contribution in [-0.2, 0) is 21.2 Å². The van der Waals surface area contributed by atoms with Gasteiger partial charge < -0.3 is 10.1 Å². The highest BCUT2D eigenvalue weighted by atomic mass is 32.2. The zero-order valence-electron chi connectivity index (χ0n) is 17.8. The summed E-state index contributed by atoms with van der Waals surface area (Å²) >= 11 is 0. The van der Waals surface area contributed by atoms with E-state index in [0.29, 0.717) is 28.8 Å². The summed E-state index contributed by atoms with van der Waals surface area (Å²) in [6.07, 6.45) is 3.34. The first-order chi connectivity index (χ1) is 14.9. The van der Waals surface area contributed by atoms with Crippen LogP contribution in [0.25, 0.3) is 11.4 Å². The molecule has 1 unspecified atom stereocenters. The zero-order valence-corrected chi connectivity index (χ0v) is 18.6. The second-order valence-corrected chi connectivity index (χ2v) is 8.80. The Kier molecular flexibility index (Phi) is 7.41. The van der Waals surface area contributed by atoms with Gasteiger partial charge in [-0.05, 0) is 36.1 Å². The second kappa shape index (κ2) is 10.2. The predicted octanol–water partition coefficient (Wildman–Crippen LogP) is 4.54. The van der Waals surface area contributed by atoms with Crippen LogP contribution >= 0.6 is 0 Å². The van der Waals surface area contributed by atoms with Crippen LogP contribution in [0.1, 0.15) is 19.4 Å². The van der Waals surface area contributed by atoms with Crippen molar-refractivity contribution in [3.63, 3.8) is 0 Å². The molecule has 0 bridgehead atoms. The van der Waals surface area contributed by atoms with Crippen molar-refractivity contribution in [2.45, 2.75) is 19.6 Å². The van der Waals surface area contributed by atoms with E-state index in [2.05, 4.69) is 24.6 Å². The van der Waals surface area contributed by atoms with E-state index in [0.717, 1.165) is 11.3 Å². The SMILES string of the molecule is COc1cc(F)ccc1-c1ncnc(Nc2cccc(CS(C)=NC(=O)C(C)C)c2)n1. The Balaban J connectivity index is 1.79. The van der Waals surface area contributed by atoms with Crippen molar-refractivity contribution >= 4 is 28.2 Å². The van der Waals surface area contributed by atoms with E-state index >= 15 is 0 Å². The summed E-state index contributed by atoms with van der Waals surface area (Å²) in [7, 11) is 1.07. The van der Waals surface area contributed by atoms with Gasteiger partial charge in [-0.15, -0.1) is 0 Å². The second-order valence-electron chi connectivity index (χ2n) is 7.13. The molecule has 0 radical (unpaired) electrons. The average Bonchev–Trinajstić information content (AvgIpc) is 2.73. The summed E-state index contributed by atoms with van der Waals surface area (Å²) in [5, 5.41) is 3.16. The van der Waals surface area contributed by atoms with Crippen LogP contribution in [0.3, 0.4) is 0 Å². The molecule has 7 nitrogen and oxygen atoms in total. The maximum atomic E-state index is 13.5. The van der Waals surface area contributed by atoms with Crippen LogP contribution in [0.15, 0.2) is 53.2 Å². The first-order valence-corrected chi connectivity index (χ1v) is 11.4. The van der Waals surface area contributed by atoms with Crippen LogP contribution in [0.5, 0.6) is 5.75 Å². The van der Waals surface area contributed by atoms with E-state index in [1.807, 2.05) is 44.4 Å². The molecule has 0 saturated heterocycles. The number of anilines is 2. The minimum Gasteiger partial charge on any atom is -0.496 e. The van der Waals surface area contributed by atoms with E-state index in [1.165, 1.54) is 25.6 Å². The standard InChI is InChI=1S/C22H24FN5O2S/c1-14(2)21(29)28-31(4)12-15-6-5-7-17(10-15)26-22-25-13-24-20(27-22)18-9-8-16(23)11-19(18)30-3/h5-11,13-14H,12H2,1-4H3,(H,24,25,26,27). The number of rotatable bonds is 7. The molecule has 0 saturated carbocycles. The number of carbonyl (C=O) groups excluding carboxylic acids is 1. The Labute approximate surface area is 183 Å². The van der Waals surface area contributed by atoms with Gasteiger partial charge in [0.2, 0.25) is 5.95 Å². The summed E-state index contributed by atoms with van der Waals surface area (Å²) in [5.74, 6) is 1.16. The lowest BCUT2D eigenvalue weighted by molar-refractivity contribution is -0.120. The molecule has 9 heteroatoms. The third kappa shape index (κ3) is 6.14. The number of nitrogens with one attached hydrogen (secondary N) is 1. The monoisotopic (exact) mass is 441 g/mol. The number of hydrogen-bond donors (Lipinski definition) is 1. The summed E-state index contributed by atoms with van der Waals surface area (Å²) in [4.78, 5) is 24.6. The molecular formula is C22H24FN5O2S. The Morgan fingerprint density at radius 3 is 2.77 bits per heavy atom. The highest BCUT2D eigenvalue weighted by molar-refractivity contribution is 7.86. The molecule has 0 aliphatic carbocycles. The number of hydrogen-bond acceptors (Lipinski definition) is 6. The molecule has 3 aromatic rings. The molecule has 1 amide bonds. The first kappa shape index (κ1) is 22.5. The van der Waals surface area contributed by atoms with Crippen molar-refractivity contribution in [1.29, 1.82) is 0 Å². The highest BCUT2D eigenvalue weighted by Crippen LogP contribution is 2.28. The molecule has 0 aliphatic heterocycles. The number of nitrogens with zero attached hydrogens (tertiary/aromatic N) is 4. The van der Waals surface area contributed by atoms with Gasteiger partial charge in [-0.2, -0.15) is 9.35 Å². The fourth-order valence-electron chi connectivity index (χ4n) is 2.74. The van der Waals surface area contributed by atoms with Crippen LogP contribution in [0.2, 0.25) is 0 Å². The largest absolute Gasteiger partial charge is 0.496 e. The van der Waals surface area contributed by atoms with Gasteiger partial charge in [0, 0.05) is 23.4 Å². The molecule has 0 spiro atoms. The molecule has 1 heterocycles. The molecule has 2 aromatic carbocycles. The third-order valence-corrected chi connectivity index (χ3v) is 5.52. The minimum atomic E-state index is -0.401.